The molecule has 2 N–H and O–H groups in total. The van der Waals surface area contributed by atoms with Crippen molar-refractivity contribution in [2.24, 2.45) is 4.99 Å². The van der Waals surface area contributed by atoms with E-state index in [1.54, 1.807) is 12.1 Å². The minimum absolute atomic E-state index is 0. The lowest BCUT2D eigenvalue weighted by Crippen LogP contribution is -2.49. The lowest BCUT2D eigenvalue weighted by Gasteiger charge is -2.32. The van der Waals surface area contributed by atoms with Crippen LogP contribution in [0.1, 0.15) is 19.4 Å². The number of halogens is 4. The molecule has 10 heteroatoms. The minimum Gasteiger partial charge on any atom is -0.434 e. The van der Waals surface area contributed by atoms with E-state index >= 15 is 0 Å². The Morgan fingerprint density at radius 1 is 1.32 bits per heavy atom. The molecule has 1 saturated heterocycles. The number of hydrogen-bond acceptors (Lipinski definition) is 4. The van der Waals surface area contributed by atoms with Crippen molar-refractivity contribution in [2.45, 2.75) is 33.0 Å². The molecule has 0 aliphatic carbocycles. The average Bonchev–Trinajstić information content (AvgIpc) is 2.66. The van der Waals surface area contributed by atoms with Gasteiger partial charge in [-0.2, -0.15) is 8.78 Å². The second-order valence-electron chi connectivity index (χ2n) is 6.20. The monoisotopic (exact) mass is 576 g/mol. The van der Waals surface area contributed by atoms with Crippen LogP contribution < -0.4 is 15.4 Å². The molecule has 0 saturated carbocycles. The van der Waals surface area contributed by atoms with Gasteiger partial charge in [-0.1, -0.05) is 15.9 Å². The fraction of sp³-hybridized carbons (Fsp3) is 0.611. The molecule has 6 nitrogen and oxygen atoms in total. The normalized spacial score (nSPS) is 16.4. The lowest BCUT2D eigenvalue weighted by atomic mass is 10.2. The number of rotatable bonds is 8. The highest BCUT2D eigenvalue weighted by Crippen LogP contribution is 2.25. The van der Waals surface area contributed by atoms with E-state index in [2.05, 4.69) is 48.1 Å². The molecular formula is C18H28BrF2IN4O2. The van der Waals surface area contributed by atoms with Gasteiger partial charge in [0, 0.05) is 42.3 Å². The maximum absolute atomic E-state index is 12.6. The molecule has 0 amide bonds. The van der Waals surface area contributed by atoms with Gasteiger partial charge in [-0.3, -0.25) is 4.90 Å². The van der Waals surface area contributed by atoms with Crippen molar-refractivity contribution >= 4 is 45.9 Å². The first kappa shape index (κ1) is 25.3. The van der Waals surface area contributed by atoms with E-state index < -0.39 is 6.61 Å². The maximum Gasteiger partial charge on any atom is 0.387 e. The Bertz CT molecular complexity index is 619. The number of alkyl halides is 2. The summed E-state index contributed by atoms with van der Waals surface area (Å²) in [4.78, 5) is 6.88. The second kappa shape index (κ2) is 13.5. The standard InChI is InChI=1S/C18H27BrF2N4O2.HI/c1-3-22-18(23-11-13(2)25-6-8-26-9-7-25)24-12-14-10-15(19)4-5-16(14)27-17(20)21;/h4-5,10,13,17H,3,6-9,11-12H2,1-2H3,(H2,22,23,24);1H. The summed E-state index contributed by atoms with van der Waals surface area (Å²) < 4.78 is 36.0. The Hall–Kier alpha value is -0.720. The van der Waals surface area contributed by atoms with Gasteiger partial charge in [0.2, 0.25) is 0 Å². The van der Waals surface area contributed by atoms with Gasteiger partial charge in [0.05, 0.1) is 19.8 Å². The van der Waals surface area contributed by atoms with Crippen molar-refractivity contribution in [1.82, 2.24) is 15.5 Å². The van der Waals surface area contributed by atoms with E-state index in [1.807, 2.05) is 6.92 Å². The summed E-state index contributed by atoms with van der Waals surface area (Å²) in [5.41, 5.74) is 0.586. The summed E-state index contributed by atoms with van der Waals surface area (Å²) in [6, 6.07) is 5.25. The van der Waals surface area contributed by atoms with Gasteiger partial charge in [0.15, 0.2) is 5.96 Å². The first-order chi connectivity index (χ1) is 13.0. The van der Waals surface area contributed by atoms with E-state index in [0.29, 0.717) is 24.1 Å². The van der Waals surface area contributed by atoms with E-state index in [1.165, 1.54) is 6.07 Å². The number of aliphatic imine (C=N–C) groups is 1. The number of nitrogens with one attached hydrogen (secondary N) is 2. The highest BCUT2D eigenvalue weighted by molar-refractivity contribution is 14.0. The van der Waals surface area contributed by atoms with Crippen molar-refractivity contribution < 1.29 is 18.3 Å². The van der Waals surface area contributed by atoms with Crippen LogP contribution in [0.15, 0.2) is 27.7 Å². The minimum atomic E-state index is -2.87. The molecule has 0 aromatic heterocycles. The van der Waals surface area contributed by atoms with E-state index in [0.717, 1.165) is 37.3 Å². The summed E-state index contributed by atoms with van der Waals surface area (Å²) in [5.74, 6) is 0.773. The fourth-order valence-electron chi connectivity index (χ4n) is 2.78. The van der Waals surface area contributed by atoms with Gasteiger partial charge >= 0.3 is 6.61 Å². The molecule has 28 heavy (non-hydrogen) atoms. The van der Waals surface area contributed by atoms with Crippen LogP contribution >= 0.6 is 39.9 Å². The molecule has 1 atom stereocenters. The van der Waals surface area contributed by atoms with Crippen molar-refractivity contribution in [2.75, 3.05) is 39.4 Å². The lowest BCUT2D eigenvalue weighted by molar-refractivity contribution is -0.0504. The smallest absolute Gasteiger partial charge is 0.387 e. The molecule has 1 aromatic rings. The van der Waals surface area contributed by atoms with Crippen molar-refractivity contribution in [3.63, 3.8) is 0 Å². The van der Waals surface area contributed by atoms with Crippen LogP contribution in [0.3, 0.4) is 0 Å². The summed E-state index contributed by atoms with van der Waals surface area (Å²) in [6.45, 7) is 6.28. The predicted molar refractivity (Wildman–Crippen MR) is 121 cm³/mol. The van der Waals surface area contributed by atoms with Crippen LogP contribution in [0, 0.1) is 0 Å². The van der Waals surface area contributed by atoms with Gasteiger partial charge in [-0.05, 0) is 32.0 Å². The zero-order chi connectivity index (χ0) is 19.6. The van der Waals surface area contributed by atoms with Crippen LogP contribution in [-0.4, -0.2) is 62.9 Å². The second-order valence-corrected chi connectivity index (χ2v) is 7.12. The first-order valence-electron chi connectivity index (χ1n) is 9.06. The third-order valence-corrected chi connectivity index (χ3v) is 4.72. The van der Waals surface area contributed by atoms with Crippen molar-refractivity contribution in [3.8, 4) is 5.75 Å². The molecule has 1 aromatic carbocycles. The molecule has 0 radical (unpaired) electrons. The molecule has 1 heterocycles. The maximum atomic E-state index is 12.6. The van der Waals surface area contributed by atoms with Crippen LogP contribution in [0.2, 0.25) is 0 Å². The van der Waals surface area contributed by atoms with Crippen LogP contribution in [0.5, 0.6) is 5.75 Å². The predicted octanol–water partition coefficient (Wildman–Crippen LogP) is 3.44. The summed E-state index contributed by atoms with van der Waals surface area (Å²) in [6.07, 6.45) is 0. The fourth-order valence-corrected chi connectivity index (χ4v) is 3.19. The highest BCUT2D eigenvalue weighted by Gasteiger charge is 2.17. The SMILES string of the molecule is CCNC(=NCc1cc(Br)ccc1OC(F)F)NCC(C)N1CCOCC1.I. The largest absolute Gasteiger partial charge is 0.434 e. The molecule has 160 valence electrons. The summed E-state index contributed by atoms with van der Waals surface area (Å²) >= 11 is 3.36. The number of hydrogen-bond donors (Lipinski definition) is 2. The highest BCUT2D eigenvalue weighted by atomic mass is 127. The summed E-state index contributed by atoms with van der Waals surface area (Å²) in [5, 5.41) is 6.50. The van der Waals surface area contributed by atoms with E-state index in [-0.39, 0.29) is 36.3 Å². The van der Waals surface area contributed by atoms with Crippen molar-refractivity contribution in [1.29, 1.82) is 0 Å². The Morgan fingerprint density at radius 2 is 2.04 bits per heavy atom. The Morgan fingerprint density at radius 3 is 2.68 bits per heavy atom. The number of nitrogens with zero attached hydrogens (tertiary/aromatic N) is 2. The third kappa shape index (κ3) is 8.75. The molecule has 1 fully saturated rings. The van der Waals surface area contributed by atoms with Crippen LogP contribution in [0.4, 0.5) is 8.78 Å². The Labute approximate surface area is 190 Å². The van der Waals surface area contributed by atoms with Gasteiger partial charge in [-0.15, -0.1) is 24.0 Å². The number of guanidine groups is 1. The van der Waals surface area contributed by atoms with Crippen LogP contribution in [0.25, 0.3) is 0 Å². The molecule has 1 aliphatic heterocycles. The molecule has 0 spiro atoms. The molecule has 1 unspecified atom stereocenters. The van der Waals surface area contributed by atoms with E-state index in [9.17, 15) is 8.78 Å². The summed E-state index contributed by atoms with van der Waals surface area (Å²) in [7, 11) is 0. The van der Waals surface area contributed by atoms with Gasteiger partial charge in [0.25, 0.3) is 0 Å². The van der Waals surface area contributed by atoms with Gasteiger partial charge in [0.1, 0.15) is 5.75 Å². The van der Waals surface area contributed by atoms with Crippen molar-refractivity contribution in [3.05, 3.63) is 28.2 Å². The zero-order valence-corrected chi connectivity index (χ0v) is 20.0. The number of ether oxygens (including phenoxy) is 2. The zero-order valence-electron chi connectivity index (χ0n) is 16.1. The average molecular weight is 577 g/mol. The number of benzene rings is 1. The third-order valence-electron chi connectivity index (χ3n) is 4.22. The molecule has 0 bridgehead atoms. The van der Waals surface area contributed by atoms with Crippen LogP contribution in [-0.2, 0) is 11.3 Å². The number of morpholine rings is 1. The van der Waals surface area contributed by atoms with Gasteiger partial charge in [-0.25, -0.2) is 4.99 Å². The quantitative estimate of drug-likeness (QED) is 0.282. The Kier molecular flexibility index (Phi) is 12.2. The first-order valence-corrected chi connectivity index (χ1v) is 9.86. The van der Waals surface area contributed by atoms with Gasteiger partial charge < -0.3 is 20.1 Å². The Balaban J connectivity index is 0.00000392. The topological polar surface area (TPSA) is 58.1 Å². The molecular weight excluding hydrogens is 549 g/mol. The molecule has 1 aliphatic rings. The molecule has 2 rings (SSSR count). The van der Waals surface area contributed by atoms with E-state index in [4.69, 9.17) is 4.74 Å².